The summed E-state index contributed by atoms with van der Waals surface area (Å²) >= 11 is 5.53. The summed E-state index contributed by atoms with van der Waals surface area (Å²) in [7, 11) is 0. The molecule has 0 radical (unpaired) electrons. The first kappa shape index (κ1) is 11.8. The number of amides is 1. The molecular weight excluding hydrogens is 202 g/mol. The van der Waals surface area contributed by atoms with E-state index in [0.717, 1.165) is 32.5 Å². The average molecular weight is 220 g/mol. The van der Waals surface area contributed by atoms with Gasteiger partial charge in [-0.05, 0) is 19.8 Å². The molecule has 0 aromatic rings. The fraction of sp³-hybridized carbons (Fsp3) is 0.900. The van der Waals surface area contributed by atoms with Crippen LogP contribution in [0.15, 0.2) is 0 Å². The summed E-state index contributed by atoms with van der Waals surface area (Å²) < 4.78 is 5.51. The first-order valence-corrected chi connectivity index (χ1v) is 5.76. The monoisotopic (exact) mass is 219 g/mol. The molecule has 3 nitrogen and oxygen atoms in total. The molecule has 1 unspecified atom stereocenters. The molecule has 4 heteroatoms. The van der Waals surface area contributed by atoms with E-state index in [-0.39, 0.29) is 12.0 Å². The van der Waals surface area contributed by atoms with Gasteiger partial charge < -0.3 is 9.64 Å². The smallest absolute Gasteiger partial charge is 0.223 e. The number of hydrogen-bond acceptors (Lipinski definition) is 2. The van der Waals surface area contributed by atoms with Crippen LogP contribution in [0.25, 0.3) is 0 Å². The lowest BCUT2D eigenvalue weighted by Crippen LogP contribution is -2.43. The minimum absolute atomic E-state index is 0.157. The van der Waals surface area contributed by atoms with E-state index in [0.29, 0.717) is 12.3 Å². The van der Waals surface area contributed by atoms with E-state index in [9.17, 15) is 4.79 Å². The van der Waals surface area contributed by atoms with Gasteiger partial charge in [-0.15, -0.1) is 11.6 Å². The van der Waals surface area contributed by atoms with Crippen molar-refractivity contribution in [2.45, 2.75) is 32.3 Å². The number of hydrogen-bond donors (Lipinski definition) is 0. The summed E-state index contributed by atoms with van der Waals surface area (Å²) in [5.74, 6) is 0.568. The Morgan fingerprint density at radius 2 is 2.43 bits per heavy atom. The van der Waals surface area contributed by atoms with Crippen molar-refractivity contribution in [2.24, 2.45) is 0 Å². The number of halogens is 1. The minimum Gasteiger partial charge on any atom is -0.377 e. The molecule has 0 aromatic carbocycles. The predicted octanol–water partition coefficient (Wildman–Crippen LogP) is 1.64. The van der Waals surface area contributed by atoms with Crippen LogP contribution >= 0.6 is 11.6 Å². The van der Waals surface area contributed by atoms with Crippen LogP contribution in [-0.2, 0) is 9.53 Å². The Morgan fingerprint density at radius 1 is 1.64 bits per heavy atom. The highest BCUT2D eigenvalue weighted by atomic mass is 35.5. The molecule has 1 amide bonds. The molecule has 82 valence electrons. The van der Waals surface area contributed by atoms with Gasteiger partial charge >= 0.3 is 0 Å². The fourth-order valence-corrected chi connectivity index (χ4v) is 1.94. The van der Waals surface area contributed by atoms with E-state index in [1.807, 2.05) is 11.8 Å². The number of likely N-dealkylation sites (tertiary alicyclic amines) is 1. The topological polar surface area (TPSA) is 29.5 Å². The van der Waals surface area contributed by atoms with Gasteiger partial charge in [-0.1, -0.05) is 0 Å². The normalized spacial score (nSPS) is 22.4. The van der Waals surface area contributed by atoms with E-state index in [2.05, 4.69) is 0 Å². The second-order valence-electron chi connectivity index (χ2n) is 3.50. The average Bonchev–Trinajstić information content (AvgIpc) is 2.19. The number of carbonyl (C=O) groups is 1. The third kappa shape index (κ3) is 3.46. The summed E-state index contributed by atoms with van der Waals surface area (Å²) in [6, 6.07) is 0. The first-order chi connectivity index (χ1) is 6.77. The van der Waals surface area contributed by atoms with Crippen LogP contribution in [0.3, 0.4) is 0 Å². The number of nitrogens with zero attached hydrogens (tertiary/aromatic N) is 1. The van der Waals surface area contributed by atoms with E-state index >= 15 is 0 Å². The standard InChI is InChI=1S/C10H18ClNO2/c1-2-14-9-4-3-7-12(8-9)10(13)5-6-11/h9H,2-8H2,1H3. The summed E-state index contributed by atoms with van der Waals surface area (Å²) in [5.41, 5.74) is 0. The number of piperidine rings is 1. The summed E-state index contributed by atoms with van der Waals surface area (Å²) in [6.45, 7) is 4.31. The Morgan fingerprint density at radius 3 is 3.07 bits per heavy atom. The van der Waals surface area contributed by atoms with Gasteiger partial charge in [-0.3, -0.25) is 4.79 Å². The zero-order chi connectivity index (χ0) is 10.4. The van der Waals surface area contributed by atoms with E-state index in [1.54, 1.807) is 0 Å². The Kier molecular flexibility index (Phi) is 5.26. The molecule has 0 aliphatic carbocycles. The van der Waals surface area contributed by atoms with Gasteiger partial charge in [-0.2, -0.15) is 0 Å². The van der Waals surface area contributed by atoms with Gasteiger partial charge in [0, 0.05) is 32.0 Å². The zero-order valence-corrected chi connectivity index (χ0v) is 9.42. The van der Waals surface area contributed by atoms with Gasteiger partial charge in [0.15, 0.2) is 0 Å². The van der Waals surface area contributed by atoms with E-state index in [1.165, 1.54) is 0 Å². The van der Waals surface area contributed by atoms with Gasteiger partial charge in [0.1, 0.15) is 0 Å². The Labute approximate surface area is 90.4 Å². The third-order valence-corrected chi connectivity index (χ3v) is 2.63. The maximum Gasteiger partial charge on any atom is 0.223 e. The molecule has 1 rings (SSSR count). The highest BCUT2D eigenvalue weighted by molar-refractivity contribution is 6.18. The predicted molar refractivity (Wildman–Crippen MR) is 56.6 cm³/mol. The highest BCUT2D eigenvalue weighted by Gasteiger charge is 2.22. The molecule has 0 bridgehead atoms. The van der Waals surface area contributed by atoms with Gasteiger partial charge in [-0.25, -0.2) is 0 Å². The molecule has 0 aromatic heterocycles. The number of rotatable bonds is 4. The second-order valence-corrected chi connectivity index (χ2v) is 3.88. The fourth-order valence-electron chi connectivity index (χ4n) is 1.78. The Hall–Kier alpha value is -0.280. The molecule has 0 spiro atoms. The van der Waals surface area contributed by atoms with Crippen LogP contribution in [0, 0.1) is 0 Å². The quantitative estimate of drug-likeness (QED) is 0.673. The maximum atomic E-state index is 11.5. The highest BCUT2D eigenvalue weighted by Crippen LogP contribution is 2.14. The van der Waals surface area contributed by atoms with Crippen molar-refractivity contribution >= 4 is 17.5 Å². The molecular formula is C10H18ClNO2. The molecule has 1 saturated heterocycles. The lowest BCUT2D eigenvalue weighted by molar-refractivity contribution is -0.134. The maximum absolute atomic E-state index is 11.5. The minimum atomic E-state index is 0.157. The molecule has 14 heavy (non-hydrogen) atoms. The van der Waals surface area contributed by atoms with Crippen LogP contribution in [0.5, 0.6) is 0 Å². The molecule has 1 atom stereocenters. The third-order valence-electron chi connectivity index (χ3n) is 2.44. The molecule has 0 saturated carbocycles. The summed E-state index contributed by atoms with van der Waals surface area (Å²) in [5, 5.41) is 0. The van der Waals surface area contributed by atoms with E-state index < -0.39 is 0 Å². The summed E-state index contributed by atoms with van der Waals surface area (Å²) in [6.07, 6.45) is 2.78. The van der Waals surface area contributed by atoms with Crippen LogP contribution in [0.4, 0.5) is 0 Å². The lowest BCUT2D eigenvalue weighted by atomic mass is 10.1. The Bertz CT molecular complexity index is 185. The van der Waals surface area contributed by atoms with Crippen molar-refractivity contribution in [3.63, 3.8) is 0 Å². The largest absolute Gasteiger partial charge is 0.377 e. The summed E-state index contributed by atoms with van der Waals surface area (Å²) in [4.78, 5) is 13.4. The molecule has 1 heterocycles. The molecule has 1 fully saturated rings. The number of alkyl halides is 1. The van der Waals surface area contributed by atoms with Crippen molar-refractivity contribution in [3.8, 4) is 0 Å². The SMILES string of the molecule is CCOC1CCCN(C(=O)CCCl)C1. The molecule has 0 N–H and O–H groups in total. The van der Waals surface area contributed by atoms with Crippen LogP contribution < -0.4 is 0 Å². The number of ether oxygens (including phenoxy) is 1. The van der Waals surface area contributed by atoms with Crippen molar-refractivity contribution in [1.29, 1.82) is 0 Å². The van der Waals surface area contributed by atoms with Gasteiger partial charge in [0.05, 0.1) is 6.10 Å². The second kappa shape index (κ2) is 6.25. The lowest BCUT2D eigenvalue weighted by Gasteiger charge is -2.32. The van der Waals surface area contributed by atoms with Gasteiger partial charge in [0.25, 0.3) is 0 Å². The van der Waals surface area contributed by atoms with Gasteiger partial charge in [0.2, 0.25) is 5.91 Å². The van der Waals surface area contributed by atoms with Crippen molar-refractivity contribution in [1.82, 2.24) is 4.90 Å². The molecule has 1 aliphatic heterocycles. The molecule has 1 aliphatic rings. The van der Waals surface area contributed by atoms with Crippen LogP contribution in [-0.4, -0.2) is 42.5 Å². The Balaban J connectivity index is 2.35. The first-order valence-electron chi connectivity index (χ1n) is 5.23. The van der Waals surface area contributed by atoms with E-state index in [4.69, 9.17) is 16.3 Å². The van der Waals surface area contributed by atoms with Crippen LogP contribution in [0.2, 0.25) is 0 Å². The zero-order valence-electron chi connectivity index (χ0n) is 8.67. The van der Waals surface area contributed by atoms with Crippen molar-refractivity contribution < 1.29 is 9.53 Å². The van der Waals surface area contributed by atoms with Crippen molar-refractivity contribution in [2.75, 3.05) is 25.6 Å². The van der Waals surface area contributed by atoms with Crippen LogP contribution in [0.1, 0.15) is 26.2 Å². The number of carbonyl (C=O) groups excluding carboxylic acids is 1. The van der Waals surface area contributed by atoms with Crippen molar-refractivity contribution in [3.05, 3.63) is 0 Å².